The van der Waals surface area contributed by atoms with Crippen LogP contribution in [0.2, 0.25) is 0 Å². The number of cyclic esters (lactones) is 1. The van der Waals surface area contributed by atoms with Crippen molar-refractivity contribution in [2.45, 2.75) is 13.3 Å². The van der Waals surface area contributed by atoms with Gasteiger partial charge in [-0.1, -0.05) is 6.08 Å². The van der Waals surface area contributed by atoms with Gasteiger partial charge >= 0.3 is 11.9 Å². The van der Waals surface area contributed by atoms with Crippen LogP contribution in [-0.2, 0) is 23.9 Å². The van der Waals surface area contributed by atoms with Crippen LogP contribution in [0.1, 0.15) is 13.3 Å². The third kappa shape index (κ3) is 2.36. The smallest absolute Gasteiger partial charge is 0.337 e. The number of ether oxygens (including phenoxy) is 2. The van der Waals surface area contributed by atoms with Gasteiger partial charge in [0, 0.05) is 5.92 Å². The Morgan fingerprint density at radius 2 is 2.31 bits per heavy atom. The normalized spacial score (nSPS) is 20.9. The second-order valence-corrected chi connectivity index (χ2v) is 3.22. The summed E-state index contributed by atoms with van der Waals surface area (Å²) in [6.45, 7) is 1.67. The number of aldehydes is 1. The maximum Gasteiger partial charge on any atom is 0.337 e. The van der Waals surface area contributed by atoms with Gasteiger partial charge in [0.1, 0.15) is 12.5 Å². The van der Waals surface area contributed by atoms with E-state index in [-0.39, 0.29) is 12.0 Å². The van der Waals surface area contributed by atoms with E-state index in [1.54, 1.807) is 13.0 Å². The topological polar surface area (TPSA) is 69.7 Å². The molecule has 0 fully saturated rings. The lowest BCUT2D eigenvalue weighted by Gasteiger charge is -2.21. The summed E-state index contributed by atoms with van der Waals surface area (Å²) in [6, 6.07) is 0. The highest BCUT2D eigenvalue weighted by Gasteiger charge is 2.31. The minimum atomic E-state index is -0.598. The lowest BCUT2D eigenvalue weighted by Crippen LogP contribution is -2.25. The Balaban J connectivity index is 3.07. The number of allylic oxidation sites excluding steroid dienone is 2. The van der Waals surface area contributed by atoms with Crippen LogP contribution in [0.4, 0.5) is 0 Å². The molecule has 0 spiro atoms. The molecule has 0 N–H and O–H groups in total. The van der Waals surface area contributed by atoms with Gasteiger partial charge in [-0.3, -0.25) is 9.59 Å². The average Bonchev–Trinajstić information content (AvgIpc) is 2.30. The van der Waals surface area contributed by atoms with Crippen LogP contribution in [0.3, 0.4) is 0 Å². The molecule has 5 nitrogen and oxygen atoms in total. The first-order chi connectivity index (χ1) is 7.63. The SMILES string of the molecule is CC=C(C=O)[C@@H]1CC(=O)OC=C1C(=O)OC. The molecule has 86 valence electrons. The van der Waals surface area contributed by atoms with Gasteiger partial charge in [-0.05, 0) is 12.5 Å². The maximum atomic E-state index is 11.4. The second-order valence-electron chi connectivity index (χ2n) is 3.22. The van der Waals surface area contributed by atoms with Crippen LogP contribution < -0.4 is 0 Å². The fourth-order valence-corrected chi connectivity index (χ4v) is 1.49. The summed E-state index contributed by atoms with van der Waals surface area (Å²) in [5.41, 5.74) is 0.551. The van der Waals surface area contributed by atoms with E-state index < -0.39 is 17.9 Å². The summed E-state index contributed by atoms with van der Waals surface area (Å²) in [6.07, 6.45) is 3.21. The number of rotatable bonds is 3. The monoisotopic (exact) mass is 224 g/mol. The molecule has 0 bridgehead atoms. The molecule has 0 saturated heterocycles. The molecular weight excluding hydrogens is 212 g/mol. The molecule has 0 radical (unpaired) electrons. The van der Waals surface area contributed by atoms with Crippen molar-refractivity contribution in [2.24, 2.45) is 5.92 Å². The number of carbonyl (C=O) groups is 3. The van der Waals surface area contributed by atoms with E-state index in [0.717, 1.165) is 6.26 Å². The Hall–Kier alpha value is -1.91. The van der Waals surface area contributed by atoms with E-state index in [1.807, 2.05) is 0 Å². The Labute approximate surface area is 92.7 Å². The van der Waals surface area contributed by atoms with Gasteiger partial charge in [-0.2, -0.15) is 0 Å². The summed E-state index contributed by atoms with van der Waals surface area (Å²) in [5, 5.41) is 0. The van der Waals surface area contributed by atoms with Crippen molar-refractivity contribution < 1.29 is 23.9 Å². The van der Waals surface area contributed by atoms with Gasteiger partial charge < -0.3 is 9.47 Å². The zero-order chi connectivity index (χ0) is 12.1. The molecule has 1 heterocycles. The zero-order valence-corrected chi connectivity index (χ0v) is 9.06. The standard InChI is InChI=1S/C11H12O5/c1-3-7(5-12)8-4-10(13)16-6-9(8)11(14)15-2/h3,5-6,8H,4H2,1-2H3/t8-/m0/s1. The highest BCUT2D eigenvalue weighted by atomic mass is 16.5. The maximum absolute atomic E-state index is 11.4. The Morgan fingerprint density at radius 3 is 2.81 bits per heavy atom. The van der Waals surface area contributed by atoms with Crippen molar-refractivity contribution >= 4 is 18.2 Å². The third-order valence-corrected chi connectivity index (χ3v) is 2.36. The van der Waals surface area contributed by atoms with Crippen molar-refractivity contribution in [3.05, 3.63) is 23.5 Å². The van der Waals surface area contributed by atoms with Crippen molar-refractivity contribution in [3.63, 3.8) is 0 Å². The lowest BCUT2D eigenvalue weighted by atomic mass is 9.88. The molecule has 0 aliphatic carbocycles. The quantitative estimate of drug-likeness (QED) is 0.402. The molecule has 0 aromatic heterocycles. The van der Waals surface area contributed by atoms with Gasteiger partial charge in [0.15, 0.2) is 0 Å². The largest absolute Gasteiger partial charge is 0.466 e. The molecular formula is C11H12O5. The molecule has 0 aromatic carbocycles. The number of hydrogen-bond donors (Lipinski definition) is 0. The average molecular weight is 224 g/mol. The first-order valence-electron chi connectivity index (χ1n) is 4.73. The Kier molecular flexibility index (Phi) is 3.99. The molecule has 16 heavy (non-hydrogen) atoms. The van der Waals surface area contributed by atoms with Crippen LogP contribution in [0.5, 0.6) is 0 Å². The zero-order valence-electron chi connectivity index (χ0n) is 9.06. The van der Waals surface area contributed by atoms with Crippen molar-refractivity contribution in [1.29, 1.82) is 0 Å². The molecule has 0 saturated carbocycles. The Bertz CT molecular complexity index is 378. The third-order valence-electron chi connectivity index (χ3n) is 2.36. The lowest BCUT2D eigenvalue weighted by molar-refractivity contribution is -0.142. The van der Waals surface area contributed by atoms with E-state index in [0.29, 0.717) is 11.9 Å². The fourth-order valence-electron chi connectivity index (χ4n) is 1.49. The van der Waals surface area contributed by atoms with Gasteiger partial charge in [0.05, 0.1) is 19.1 Å². The molecule has 0 unspecified atom stereocenters. The van der Waals surface area contributed by atoms with E-state index in [9.17, 15) is 14.4 Å². The van der Waals surface area contributed by atoms with Gasteiger partial charge in [-0.25, -0.2) is 4.79 Å². The summed E-state index contributed by atoms with van der Waals surface area (Å²) < 4.78 is 9.19. The minimum absolute atomic E-state index is 0.0284. The second kappa shape index (κ2) is 5.25. The van der Waals surface area contributed by atoms with Crippen LogP contribution in [0.15, 0.2) is 23.5 Å². The molecule has 0 amide bonds. The predicted molar refractivity (Wildman–Crippen MR) is 54.1 cm³/mol. The molecule has 1 aliphatic heterocycles. The van der Waals surface area contributed by atoms with E-state index in [4.69, 9.17) is 0 Å². The number of methoxy groups -OCH3 is 1. The molecule has 1 aliphatic rings. The van der Waals surface area contributed by atoms with Gasteiger partial charge in [0.25, 0.3) is 0 Å². The van der Waals surface area contributed by atoms with Gasteiger partial charge in [-0.15, -0.1) is 0 Å². The van der Waals surface area contributed by atoms with Crippen LogP contribution in [-0.4, -0.2) is 25.3 Å². The Morgan fingerprint density at radius 1 is 1.62 bits per heavy atom. The van der Waals surface area contributed by atoms with Crippen molar-refractivity contribution in [3.8, 4) is 0 Å². The highest BCUT2D eigenvalue weighted by Crippen LogP contribution is 2.28. The van der Waals surface area contributed by atoms with Crippen molar-refractivity contribution in [2.75, 3.05) is 7.11 Å². The summed E-state index contributed by atoms with van der Waals surface area (Å²) >= 11 is 0. The molecule has 0 aromatic rings. The van der Waals surface area contributed by atoms with Crippen molar-refractivity contribution in [1.82, 2.24) is 0 Å². The predicted octanol–water partition coefficient (Wildman–Crippen LogP) is 0.752. The summed E-state index contributed by atoms with van der Waals surface area (Å²) in [7, 11) is 1.23. The van der Waals surface area contributed by atoms with Crippen LogP contribution >= 0.6 is 0 Å². The van der Waals surface area contributed by atoms with E-state index in [2.05, 4.69) is 9.47 Å². The summed E-state index contributed by atoms with van der Waals surface area (Å²) in [4.78, 5) is 33.3. The first kappa shape index (κ1) is 12.2. The van der Waals surface area contributed by atoms with Crippen LogP contribution in [0.25, 0.3) is 0 Å². The van der Waals surface area contributed by atoms with Crippen LogP contribution in [0, 0.1) is 5.92 Å². The fraction of sp³-hybridized carbons (Fsp3) is 0.364. The molecule has 5 heteroatoms. The summed E-state index contributed by atoms with van der Waals surface area (Å²) in [5.74, 6) is -1.64. The van der Waals surface area contributed by atoms with E-state index in [1.165, 1.54) is 7.11 Å². The minimum Gasteiger partial charge on any atom is -0.466 e. The van der Waals surface area contributed by atoms with E-state index >= 15 is 0 Å². The number of esters is 2. The number of carbonyl (C=O) groups excluding carboxylic acids is 3. The molecule has 1 rings (SSSR count). The molecule has 1 atom stereocenters. The van der Waals surface area contributed by atoms with Gasteiger partial charge in [0.2, 0.25) is 0 Å². The highest BCUT2D eigenvalue weighted by molar-refractivity contribution is 5.94. The first-order valence-corrected chi connectivity index (χ1v) is 4.73. The number of hydrogen-bond acceptors (Lipinski definition) is 5.